The number of carboxylic acid groups (broad SMARTS) is 1. The summed E-state index contributed by atoms with van der Waals surface area (Å²) >= 11 is 6.14. The fourth-order valence-corrected chi connectivity index (χ4v) is 14.5. The standard InChI is InChI=1S/C48H71ClN4O7/c1-29(2)40-32(54)23-48(35(55)27-52(21-22-53-20-10-11-38(53)56)28-37-50-25-30(49)26-51-37)19-18-46(8)31(41(40)48)12-13-34-45(7)16-15-36(60-39(57)24-43(3,4)42(58)59)44(5,6)33(45)14-17-47(34,46)9/h25-26,29,31,33-36,55H,10-24,27-28H2,1-9H3,(H,58,59)/t31-,33+,34-,35+,36+,45+,46-,47-,48+/m1/s1. The molecule has 0 aromatic carbocycles. The number of aliphatic hydroxyl groups excluding tert-OH is 1. The molecule has 1 aliphatic heterocycles. The van der Waals surface area contributed by atoms with Crippen LogP contribution >= 0.6 is 11.6 Å². The number of nitrogens with zero attached hydrogens (tertiary/aromatic N) is 4. The third-order valence-electron chi connectivity index (χ3n) is 17.8. The second kappa shape index (κ2) is 16.0. The number of ether oxygens (including phenoxy) is 1. The molecule has 5 fully saturated rings. The molecular formula is C48H71ClN4O7. The average Bonchev–Trinajstić information content (AvgIpc) is 3.72. The predicted molar refractivity (Wildman–Crippen MR) is 229 cm³/mol. The number of halogens is 1. The van der Waals surface area contributed by atoms with Gasteiger partial charge in [0.2, 0.25) is 5.91 Å². The summed E-state index contributed by atoms with van der Waals surface area (Å²) in [6.45, 7) is 22.1. The number of carboxylic acids is 1. The summed E-state index contributed by atoms with van der Waals surface area (Å²) in [5, 5.41) is 22.9. The van der Waals surface area contributed by atoms with Crippen LogP contribution in [0.4, 0.5) is 0 Å². The van der Waals surface area contributed by atoms with Crippen LogP contribution in [0.15, 0.2) is 23.5 Å². The van der Waals surface area contributed by atoms with Gasteiger partial charge in [0.15, 0.2) is 5.78 Å². The van der Waals surface area contributed by atoms with Gasteiger partial charge in [-0.2, -0.15) is 0 Å². The average molecular weight is 852 g/mol. The van der Waals surface area contributed by atoms with Crippen molar-refractivity contribution >= 4 is 35.2 Å². The van der Waals surface area contributed by atoms with E-state index in [0.717, 1.165) is 69.9 Å². The number of hydrogen-bond acceptors (Lipinski definition) is 9. The van der Waals surface area contributed by atoms with Crippen LogP contribution in [0.3, 0.4) is 0 Å². The second-order valence-corrected chi connectivity index (χ2v) is 22.5. The molecule has 0 radical (unpaired) electrons. The van der Waals surface area contributed by atoms with Crippen LogP contribution in [0.1, 0.15) is 145 Å². The highest BCUT2D eigenvalue weighted by Gasteiger charge is 2.71. The molecule has 0 bridgehead atoms. The monoisotopic (exact) mass is 851 g/mol. The SMILES string of the molecule is CC(C)C1=C2[C@H]3CC[C@@H]4[C@@]5(C)CC[C@H](OC(=O)CC(C)(C)C(=O)O)C(C)(C)[C@@H]5CC[C@@]4(C)[C@]3(C)CC[C@@]2([C@@H](O)CN(CCN2CCCC2=O)Cc2ncc(Cl)cn2)CC1=O. The molecular weight excluding hydrogens is 780 g/mol. The van der Waals surface area contributed by atoms with E-state index >= 15 is 0 Å². The zero-order valence-electron chi connectivity index (χ0n) is 37.7. The van der Waals surface area contributed by atoms with Crippen LogP contribution in [-0.2, 0) is 30.5 Å². The number of esters is 1. The van der Waals surface area contributed by atoms with Crippen molar-refractivity contribution in [1.82, 2.24) is 19.8 Å². The number of fused-ring (bicyclic) bond motifs is 7. The largest absolute Gasteiger partial charge is 0.481 e. The van der Waals surface area contributed by atoms with Gasteiger partial charge in [0.1, 0.15) is 11.9 Å². The van der Waals surface area contributed by atoms with Crippen LogP contribution in [0.25, 0.3) is 0 Å². The van der Waals surface area contributed by atoms with Gasteiger partial charge in [0.25, 0.3) is 0 Å². The number of rotatable bonds is 13. The lowest BCUT2D eigenvalue weighted by Crippen LogP contribution is -2.66. The first-order valence-electron chi connectivity index (χ1n) is 22.9. The molecule has 1 amide bonds. The van der Waals surface area contributed by atoms with Gasteiger partial charge in [0, 0.05) is 62.2 Å². The normalized spacial score (nSPS) is 35.6. The highest BCUT2D eigenvalue weighted by molar-refractivity contribution is 6.30. The van der Waals surface area contributed by atoms with Gasteiger partial charge in [-0.15, -0.1) is 0 Å². The van der Waals surface area contributed by atoms with Gasteiger partial charge in [-0.25, -0.2) is 9.97 Å². The first kappa shape index (κ1) is 45.1. The minimum Gasteiger partial charge on any atom is -0.481 e. The number of allylic oxidation sites excluding steroid dienone is 1. The number of aliphatic carboxylic acids is 1. The van der Waals surface area contributed by atoms with Crippen molar-refractivity contribution in [3.63, 3.8) is 0 Å². The number of hydrogen-bond donors (Lipinski definition) is 2. The van der Waals surface area contributed by atoms with E-state index in [2.05, 4.69) is 63.3 Å². The van der Waals surface area contributed by atoms with Gasteiger partial charge < -0.3 is 19.8 Å². The van der Waals surface area contributed by atoms with E-state index in [1.54, 1.807) is 26.2 Å². The van der Waals surface area contributed by atoms with E-state index < -0.39 is 28.9 Å². The van der Waals surface area contributed by atoms with E-state index in [9.17, 15) is 29.4 Å². The number of aliphatic hydroxyl groups is 1. The second-order valence-electron chi connectivity index (χ2n) is 22.1. The van der Waals surface area contributed by atoms with Crippen molar-refractivity contribution in [2.24, 2.45) is 56.2 Å². The molecule has 1 aromatic rings. The Kier molecular flexibility index (Phi) is 12.1. The van der Waals surface area contributed by atoms with E-state index in [1.807, 2.05) is 4.90 Å². The summed E-state index contributed by atoms with van der Waals surface area (Å²) in [7, 11) is 0. The van der Waals surface area contributed by atoms with Crippen molar-refractivity contribution in [3.05, 3.63) is 34.4 Å². The minimum absolute atomic E-state index is 0.00959. The molecule has 12 heteroatoms. The maximum atomic E-state index is 14.4. The lowest BCUT2D eigenvalue weighted by Gasteiger charge is -2.72. The fourth-order valence-electron chi connectivity index (χ4n) is 14.4. The summed E-state index contributed by atoms with van der Waals surface area (Å²) in [6.07, 6.45) is 11.1. The van der Waals surface area contributed by atoms with Gasteiger partial charge in [0.05, 0.1) is 29.5 Å². The van der Waals surface area contributed by atoms with Gasteiger partial charge in [-0.1, -0.05) is 65.6 Å². The third-order valence-corrected chi connectivity index (χ3v) is 18.0. The quantitative estimate of drug-likeness (QED) is 0.186. The first-order chi connectivity index (χ1) is 28.0. The van der Waals surface area contributed by atoms with Crippen LogP contribution in [-0.4, -0.2) is 92.0 Å². The molecule has 2 N–H and O–H groups in total. The Labute approximate surface area is 362 Å². The molecule has 6 aliphatic rings. The maximum Gasteiger partial charge on any atom is 0.309 e. The van der Waals surface area contributed by atoms with Crippen LogP contribution < -0.4 is 0 Å². The molecule has 4 saturated carbocycles. The summed E-state index contributed by atoms with van der Waals surface area (Å²) in [5.41, 5.74) is -0.0349. The van der Waals surface area contributed by atoms with Gasteiger partial charge in [-0.3, -0.25) is 24.1 Å². The van der Waals surface area contributed by atoms with Crippen LogP contribution in [0, 0.1) is 56.2 Å². The van der Waals surface area contributed by atoms with E-state index in [0.29, 0.717) is 61.7 Å². The van der Waals surface area contributed by atoms with Crippen molar-refractivity contribution in [2.75, 3.05) is 26.2 Å². The fraction of sp³-hybridized carbons (Fsp3) is 0.792. The van der Waals surface area contributed by atoms with E-state index in [1.165, 1.54) is 5.57 Å². The first-order valence-corrected chi connectivity index (χ1v) is 23.2. The van der Waals surface area contributed by atoms with Crippen molar-refractivity contribution in [1.29, 1.82) is 0 Å². The lowest BCUT2D eigenvalue weighted by molar-refractivity contribution is -0.235. The summed E-state index contributed by atoms with van der Waals surface area (Å²) in [5.74, 6) is 0.493. The molecule has 2 heterocycles. The number of likely N-dealkylation sites (tertiary alicyclic amines) is 1. The molecule has 0 spiro atoms. The van der Waals surface area contributed by atoms with Crippen LogP contribution in [0.5, 0.6) is 0 Å². The Morgan fingerprint density at radius 1 is 0.983 bits per heavy atom. The molecule has 0 unspecified atom stereocenters. The Morgan fingerprint density at radius 2 is 1.68 bits per heavy atom. The minimum atomic E-state index is -1.19. The van der Waals surface area contributed by atoms with Gasteiger partial charge >= 0.3 is 11.9 Å². The molecule has 7 rings (SSSR count). The van der Waals surface area contributed by atoms with Gasteiger partial charge in [-0.05, 0) is 117 Å². The number of ketones is 1. The molecule has 9 atom stereocenters. The zero-order valence-corrected chi connectivity index (χ0v) is 38.5. The zero-order chi connectivity index (χ0) is 43.8. The summed E-state index contributed by atoms with van der Waals surface area (Å²) < 4.78 is 6.19. The maximum absolute atomic E-state index is 14.4. The molecule has 5 aliphatic carbocycles. The highest BCUT2D eigenvalue weighted by atomic mass is 35.5. The molecule has 1 aromatic heterocycles. The number of amides is 1. The molecule has 1 saturated heterocycles. The Balaban J connectivity index is 1.16. The smallest absolute Gasteiger partial charge is 0.309 e. The Hall–Kier alpha value is -2.89. The summed E-state index contributed by atoms with van der Waals surface area (Å²) in [4.78, 5) is 65.0. The van der Waals surface area contributed by atoms with Crippen molar-refractivity contribution < 1.29 is 34.1 Å². The van der Waals surface area contributed by atoms with Crippen molar-refractivity contribution in [3.8, 4) is 0 Å². The number of carbonyl (C=O) groups excluding carboxylic acids is 3. The Morgan fingerprint density at radius 3 is 2.32 bits per heavy atom. The number of aromatic nitrogens is 2. The van der Waals surface area contributed by atoms with Crippen LogP contribution in [0.2, 0.25) is 5.02 Å². The molecule has 332 valence electrons. The third kappa shape index (κ3) is 7.46. The lowest BCUT2D eigenvalue weighted by atomic mass is 9.33. The van der Waals surface area contributed by atoms with E-state index in [4.69, 9.17) is 16.3 Å². The Bertz CT molecular complexity index is 1900. The summed E-state index contributed by atoms with van der Waals surface area (Å²) in [6, 6.07) is 0. The molecule has 60 heavy (non-hydrogen) atoms. The topological polar surface area (TPSA) is 150 Å². The highest BCUT2D eigenvalue weighted by Crippen LogP contribution is 2.77. The van der Waals surface area contributed by atoms with E-state index in [-0.39, 0.29) is 57.7 Å². The number of carbonyl (C=O) groups is 4. The molecule has 11 nitrogen and oxygen atoms in total. The number of Topliss-reactive ketones (excluding diaryl/α,β-unsaturated/α-hetero) is 1. The van der Waals surface area contributed by atoms with Crippen molar-refractivity contribution in [2.45, 2.75) is 158 Å². The predicted octanol–water partition coefficient (Wildman–Crippen LogP) is 8.31.